The molecule has 3 nitrogen and oxygen atoms in total. The SMILES string of the molecule is CC1CC(C)(C)CC12CC(=O)OC2=O. The summed E-state index contributed by atoms with van der Waals surface area (Å²) in [6.07, 6.45) is 2.07. The Bertz CT molecular complexity index is 306. The molecule has 2 unspecified atom stereocenters. The highest BCUT2D eigenvalue weighted by atomic mass is 16.6. The lowest BCUT2D eigenvalue weighted by Crippen LogP contribution is -2.29. The molecule has 0 N–H and O–H groups in total. The van der Waals surface area contributed by atoms with Gasteiger partial charge in [0.25, 0.3) is 0 Å². The van der Waals surface area contributed by atoms with E-state index in [2.05, 4.69) is 25.5 Å². The van der Waals surface area contributed by atoms with E-state index in [9.17, 15) is 9.59 Å². The minimum Gasteiger partial charge on any atom is -0.393 e. The van der Waals surface area contributed by atoms with Crippen molar-refractivity contribution < 1.29 is 14.3 Å². The number of ether oxygens (including phenoxy) is 1. The van der Waals surface area contributed by atoms with Crippen molar-refractivity contribution in [3.05, 3.63) is 0 Å². The van der Waals surface area contributed by atoms with E-state index < -0.39 is 5.41 Å². The van der Waals surface area contributed by atoms with Crippen molar-refractivity contribution in [2.75, 3.05) is 0 Å². The zero-order valence-electron chi connectivity index (χ0n) is 8.92. The molecule has 1 saturated heterocycles. The number of esters is 2. The van der Waals surface area contributed by atoms with E-state index in [0.717, 1.165) is 12.8 Å². The summed E-state index contributed by atoms with van der Waals surface area (Å²) in [4.78, 5) is 22.8. The molecule has 0 amide bonds. The molecule has 1 heterocycles. The van der Waals surface area contributed by atoms with Gasteiger partial charge in [0.15, 0.2) is 0 Å². The molecule has 1 aliphatic carbocycles. The largest absolute Gasteiger partial charge is 0.393 e. The fourth-order valence-corrected chi connectivity index (χ4v) is 3.21. The van der Waals surface area contributed by atoms with Crippen molar-refractivity contribution in [3.63, 3.8) is 0 Å². The lowest BCUT2D eigenvalue weighted by molar-refractivity contribution is -0.155. The van der Waals surface area contributed by atoms with Crippen LogP contribution in [0, 0.1) is 16.7 Å². The van der Waals surface area contributed by atoms with Crippen LogP contribution in [0.3, 0.4) is 0 Å². The first-order valence-electron chi connectivity index (χ1n) is 5.11. The average Bonchev–Trinajstić information content (AvgIpc) is 2.35. The molecular formula is C11H16O3. The third-order valence-corrected chi connectivity index (χ3v) is 3.67. The maximum absolute atomic E-state index is 11.7. The molecule has 14 heavy (non-hydrogen) atoms. The van der Waals surface area contributed by atoms with Gasteiger partial charge in [-0.25, -0.2) is 0 Å². The van der Waals surface area contributed by atoms with E-state index in [1.807, 2.05) is 0 Å². The molecular weight excluding hydrogens is 180 g/mol. The van der Waals surface area contributed by atoms with Crippen molar-refractivity contribution in [2.24, 2.45) is 16.7 Å². The van der Waals surface area contributed by atoms with Crippen molar-refractivity contribution in [1.29, 1.82) is 0 Å². The lowest BCUT2D eigenvalue weighted by atomic mass is 9.76. The summed E-state index contributed by atoms with van der Waals surface area (Å²) in [7, 11) is 0. The second-order valence-corrected chi connectivity index (χ2v) is 5.54. The maximum atomic E-state index is 11.7. The summed E-state index contributed by atoms with van der Waals surface area (Å²) >= 11 is 0. The van der Waals surface area contributed by atoms with E-state index in [0.29, 0.717) is 0 Å². The average molecular weight is 196 g/mol. The molecule has 78 valence electrons. The normalized spacial score (nSPS) is 40.6. The Morgan fingerprint density at radius 1 is 1.36 bits per heavy atom. The molecule has 0 aromatic carbocycles. The lowest BCUT2D eigenvalue weighted by Gasteiger charge is -2.23. The number of rotatable bonds is 0. The van der Waals surface area contributed by atoms with Crippen LogP contribution in [0.2, 0.25) is 0 Å². The molecule has 1 spiro atoms. The summed E-state index contributed by atoms with van der Waals surface area (Å²) in [6, 6.07) is 0. The van der Waals surface area contributed by atoms with Gasteiger partial charge in [-0.15, -0.1) is 0 Å². The van der Waals surface area contributed by atoms with Crippen molar-refractivity contribution >= 4 is 11.9 Å². The van der Waals surface area contributed by atoms with Crippen molar-refractivity contribution in [3.8, 4) is 0 Å². The van der Waals surface area contributed by atoms with Gasteiger partial charge in [-0.2, -0.15) is 0 Å². The predicted octanol–water partition coefficient (Wildman–Crippen LogP) is 1.90. The molecule has 2 fully saturated rings. The van der Waals surface area contributed by atoms with Gasteiger partial charge >= 0.3 is 11.9 Å². The first-order valence-corrected chi connectivity index (χ1v) is 5.11. The topological polar surface area (TPSA) is 43.4 Å². The third-order valence-electron chi connectivity index (χ3n) is 3.67. The summed E-state index contributed by atoms with van der Waals surface area (Å²) in [5.74, 6) is -0.378. The Labute approximate surface area is 83.8 Å². The van der Waals surface area contributed by atoms with Crippen molar-refractivity contribution in [1.82, 2.24) is 0 Å². The smallest absolute Gasteiger partial charge is 0.320 e. The monoisotopic (exact) mass is 196 g/mol. The summed E-state index contributed by atoms with van der Waals surface area (Å²) in [5.41, 5.74) is -0.344. The highest BCUT2D eigenvalue weighted by Gasteiger charge is 2.59. The van der Waals surface area contributed by atoms with Crippen LogP contribution in [0.15, 0.2) is 0 Å². The minimum atomic E-state index is -0.499. The first-order chi connectivity index (χ1) is 6.36. The predicted molar refractivity (Wildman–Crippen MR) is 50.3 cm³/mol. The zero-order chi connectivity index (χ0) is 10.6. The minimum absolute atomic E-state index is 0.156. The van der Waals surface area contributed by atoms with E-state index >= 15 is 0 Å². The third kappa shape index (κ3) is 1.18. The summed E-state index contributed by atoms with van der Waals surface area (Å²) < 4.78 is 4.68. The van der Waals surface area contributed by atoms with Crippen LogP contribution in [0.1, 0.15) is 40.0 Å². The molecule has 0 bridgehead atoms. The number of carbonyl (C=O) groups is 2. The fourth-order valence-electron chi connectivity index (χ4n) is 3.21. The van der Waals surface area contributed by atoms with Crippen molar-refractivity contribution in [2.45, 2.75) is 40.0 Å². The molecule has 0 aromatic heterocycles. The molecule has 0 aromatic rings. The number of carbonyl (C=O) groups excluding carboxylic acids is 2. The molecule has 2 atom stereocenters. The van der Waals surface area contributed by atoms with E-state index in [1.165, 1.54) is 0 Å². The molecule has 2 rings (SSSR count). The fraction of sp³-hybridized carbons (Fsp3) is 0.818. The Kier molecular flexibility index (Phi) is 1.79. The van der Waals surface area contributed by atoms with Gasteiger partial charge in [0.1, 0.15) is 0 Å². The van der Waals surface area contributed by atoms with Gasteiger partial charge < -0.3 is 4.74 Å². The Morgan fingerprint density at radius 2 is 2.00 bits per heavy atom. The van der Waals surface area contributed by atoms with Gasteiger partial charge in [-0.1, -0.05) is 20.8 Å². The van der Waals surface area contributed by atoms with Crippen LogP contribution < -0.4 is 0 Å². The molecule has 1 saturated carbocycles. The summed E-state index contributed by atoms with van der Waals surface area (Å²) in [5, 5.41) is 0. The molecule has 3 heteroatoms. The quantitative estimate of drug-likeness (QED) is 0.439. The highest BCUT2D eigenvalue weighted by Crippen LogP contribution is 2.57. The molecule has 1 aliphatic heterocycles. The van der Waals surface area contributed by atoms with E-state index in [1.54, 1.807) is 0 Å². The maximum Gasteiger partial charge on any atom is 0.320 e. The van der Waals surface area contributed by atoms with Gasteiger partial charge in [0, 0.05) is 0 Å². The first kappa shape index (κ1) is 9.69. The number of hydrogen-bond acceptors (Lipinski definition) is 3. The van der Waals surface area contributed by atoms with Gasteiger partial charge in [-0.3, -0.25) is 9.59 Å². The van der Waals surface area contributed by atoms with Crippen LogP contribution in [-0.2, 0) is 14.3 Å². The Balaban J connectivity index is 2.33. The standard InChI is InChI=1S/C11H16O3/c1-7-4-10(2,3)6-11(7)5-8(12)14-9(11)13/h7H,4-6H2,1-3H3. The molecule has 0 radical (unpaired) electrons. The highest BCUT2D eigenvalue weighted by molar-refractivity contribution is 5.97. The zero-order valence-corrected chi connectivity index (χ0v) is 8.92. The van der Waals surface area contributed by atoms with Crippen LogP contribution in [0.4, 0.5) is 0 Å². The van der Waals surface area contributed by atoms with Crippen LogP contribution >= 0.6 is 0 Å². The second kappa shape index (κ2) is 2.59. The number of cyclic esters (lactones) is 2. The van der Waals surface area contributed by atoms with Gasteiger partial charge in [0.2, 0.25) is 0 Å². The van der Waals surface area contributed by atoms with Gasteiger partial charge in [-0.05, 0) is 24.2 Å². The Hall–Kier alpha value is -0.860. The molecule has 2 aliphatic rings. The second-order valence-electron chi connectivity index (χ2n) is 5.54. The van der Waals surface area contributed by atoms with Crippen LogP contribution in [0.5, 0.6) is 0 Å². The number of hydrogen-bond donors (Lipinski definition) is 0. The van der Waals surface area contributed by atoms with E-state index in [4.69, 9.17) is 0 Å². The summed E-state index contributed by atoms with van der Waals surface area (Å²) in [6.45, 7) is 6.34. The Morgan fingerprint density at radius 3 is 2.36 bits per heavy atom. The van der Waals surface area contributed by atoms with Crippen LogP contribution in [-0.4, -0.2) is 11.9 Å². The van der Waals surface area contributed by atoms with Crippen LogP contribution in [0.25, 0.3) is 0 Å². The van der Waals surface area contributed by atoms with Gasteiger partial charge in [0.05, 0.1) is 11.8 Å². The van der Waals surface area contributed by atoms with E-state index in [-0.39, 0.29) is 29.7 Å².